The molecule has 0 radical (unpaired) electrons. The number of hydrogen-bond acceptors (Lipinski definition) is 10. The summed E-state index contributed by atoms with van der Waals surface area (Å²) < 4.78 is 34.9. The number of benzene rings is 2. The van der Waals surface area contributed by atoms with Gasteiger partial charge in [0.1, 0.15) is 33.5 Å². The molecule has 1 amide bonds. The summed E-state index contributed by atoms with van der Waals surface area (Å²) in [5, 5.41) is 21.7. The number of aliphatic hydroxyl groups is 1. The number of carbonyl (C=O) groups excluding carboxylic acids is 1. The third-order valence-electron chi connectivity index (χ3n) is 9.81. The van der Waals surface area contributed by atoms with E-state index in [1.165, 1.54) is 29.5 Å². The molecule has 2 aromatic carbocycles. The molecule has 4 aliphatic rings. The van der Waals surface area contributed by atoms with E-state index in [1.807, 2.05) is 22.9 Å². The smallest absolute Gasteiger partial charge is 0.245 e. The van der Waals surface area contributed by atoms with E-state index in [2.05, 4.69) is 16.0 Å². The molecule has 3 saturated heterocycles. The number of aromatic nitrogens is 2. The highest BCUT2D eigenvalue weighted by atomic mass is 32.1. The molecule has 0 bridgehead atoms. The highest BCUT2D eigenvalue weighted by molar-refractivity contribution is 7.16. The van der Waals surface area contributed by atoms with Crippen molar-refractivity contribution in [1.29, 1.82) is 5.26 Å². The number of likely N-dealkylation sites (tertiary alicyclic amines) is 1. The van der Waals surface area contributed by atoms with Crippen molar-refractivity contribution >= 4 is 44.7 Å². The standard InChI is InChI=1S/C33H31F2N7O3S/c1-40(31-39-26(25(12-36)46-31)18-2-4-19(34)5-3-18)29-21-6-7-24(43)28(21)38-27-22(29)10-20(11-23(27)35)41-13-32(14-41)15-42(16-32)30(44)33(37)8-9-45-17-33/h2-5,10-11,24,43H,6-9,13-17,37H2,1H3. The second-order valence-corrected chi connectivity index (χ2v) is 14.0. The average molecular weight is 644 g/mol. The Kier molecular flexibility index (Phi) is 6.60. The average Bonchev–Trinajstić information content (AvgIpc) is 3.74. The van der Waals surface area contributed by atoms with Crippen molar-refractivity contribution in [2.24, 2.45) is 11.1 Å². The number of anilines is 3. The second-order valence-electron chi connectivity index (χ2n) is 13.0. The summed E-state index contributed by atoms with van der Waals surface area (Å²) in [6.45, 7) is 3.32. The Morgan fingerprint density at radius 2 is 1.96 bits per heavy atom. The molecule has 1 spiro atoms. The Labute approximate surface area is 267 Å². The fourth-order valence-corrected chi connectivity index (χ4v) is 8.25. The van der Waals surface area contributed by atoms with Gasteiger partial charge in [-0.05, 0) is 55.7 Å². The Bertz CT molecular complexity index is 1940. The maximum atomic E-state index is 15.9. The molecule has 10 nitrogen and oxygen atoms in total. The number of ether oxygens (including phenoxy) is 1. The third-order valence-corrected chi connectivity index (χ3v) is 10.8. The quantitative estimate of drug-likeness (QED) is 0.331. The lowest BCUT2D eigenvalue weighted by molar-refractivity contribution is -0.151. The second kappa shape index (κ2) is 10.4. The number of amides is 1. The van der Waals surface area contributed by atoms with Crippen LogP contribution in [-0.2, 0) is 16.0 Å². The SMILES string of the molecule is CN(c1nc(-c2ccc(F)cc2)c(C#N)s1)c1c2c(nc3c(F)cc(N4CC5(CN(C(=O)C6(N)CCOC6)C5)C4)cc13)C(O)CC2. The highest BCUT2D eigenvalue weighted by Gasteiger charge is 2.56. The summed E-state index contributed by atoms with van der Waals surface area (Å²) in [4.78, 5) is 28.5. The van der Waals surface area contributed by atoms with Gasteiger partial charge in [-0.25, -0.2) is 18.7 Å². The van der Waals surface area contributed by atoms with Crippen LogP contribution in [0.2, 0.25) is 0 Å². The van der Waals surface area contributed by atoms with Gasteiger partial charge in [-0.3, -0.25) is 4.79 Å². The van der Waals surface area contributed by atoms with E-state index in [9.17, 15) is 19.6 Å². The predicted octanol–water partition coefficient (Wildman–Crippen LogP) is 4.02. The lowest BCUT2D eigenvalue weighted by Crippen LogP contribution is -2.75. The van der Waals surface area contributed by atoms with Crippen molar-refractivity contribution in [2.45, 2.75) is 30.9 Å². The van der Waals surface area contributed by atoms with E-state index >= 15 is 4.39 Å². The maximum absolute atomic E-state index is 15.9. The van der Waals surface area contributed by atoms with Crippen LogP contribution in [0.4, 0.5) is 25.3 Å². The first-order valence-corrected chi connectivity index (χ1v) is 16.1. The molecule has 3 fully saturated rings. The molecule has 2 unspecified atom stereocenters. The number of nitriles is 1. The zero-order chi connectivity index (χ0) is 32.0. The van der Waals surface area contributed by atoms with Gasteiger partial charge in [0.05, 0.1) is 24.1 Å². The van der Waals surface area contributed by atoms with Crippen molar-refractivity contribution in [3.05, 3.63) is 64.2 Å². The summed E-state index contributed by atoms with van der Waals surface area (Å²) >= 11 is 1.19. The topological polar surface area (TPSA) is 132 Å². The van der Waals surface area contributed by atoms with Crippen LogP contribution in [0, 0.1) is 28.4 Å². The molecule has 236 valence electrons. The molecular formula is C33H31F2N7O3S. The predicted molar refractivity (Wildman–Crippen MR) is 169 cm³/mol. The van der Waals surface area contributed by atoms with Crippen LogP contribution in [-0.4, -0.2) is 77.9 Å². The van der Waals surface area contributed by atoms with E-state index in [-0.39, 0.29) is 29.3 Å². The van der Waals surface area contributed by atoms with Gasteiger partial charge in [0.25, 0.3) is 0 Å². The number of nitrogens with zero attached hydrogens (tertiary/aromatic N) is 6. The van der Waals surface area contributed by atoms with E-state index in [1.54, 1.807) is 12.1 Å². The number of thiazole rings is 1. The Balaban J connectivity index is 1.12. The Morgan fingerprint density at radius 1 is 1.20 bits per heavy atom. The number of hydrogen-bond donors (Lipinski definition) is 2. The summed E-state index contributed by atoms with van der Waals surface area (Å²) in [6, 6.07) is 11.4. The molecule has 4 aromatic rings. The van der Waals surface area contributed by atoms with Crippen LogP contribution >= 0.6 is 11.3 Å². The number of carbonyl (C=O) groups is 1. The molecule has 3 aliphatic heterocycles. The van der Waals surface area contributed by atoms with Gasteiger partial charge in [0, 0.05) is 67.4 Å². The first kappa shape index (κ1) is 29.2. The zero-order valence-corrected chi connectivity index (χ0v) is 25.9. The van der Waals surface area contributed by atoms with Crippen LogP contribution in [0.1, 0.15) is 35.1 Å². The minimum absolute atomic E-state index is 0.0534. The number of aliphatic hydroxyl groups excluding tert-OH is 1. The van der Waals surface area contributed by atoms with E-state index < -0.39 is 17.5 Å². The van der Waals surface area contributed by atoms with Crippen LogP contribution in [0.3, 0.4) is 0 Å². The fraction of sp³-hybridized carbons (Fsp3) is 0.394. The monoisotopic (exact) mass is 643 g/mol. The molecule has 0 saturated carbocycles. The minimum atomic E-state index is -0.943. The summed E-state index contributed by atoms with van der Waals surface area (Å²) in [5.41, 5.74) is 9.17. The maximum Gasteiger partial charge on any atom is 0.245 e. The summed E-state index contributed by atoms with van der Waals surface area (Å²) in [6.07, 6.45) is 0.733. The van der Waals surface area contributed by atoms with Gasteiger partial charge in [0.15, 0.2) is 10.9 Å². The molecule has 2 aromatic heterocycles. The van der Waals surface area contributed by atoms with Gasteiger partial charge in [-0.2, -0.15) is 5.26 Å². The van der Waals surface area contributed by atoms with E-state index in [4.69, 9.17) is 15.5 Å². The largest absolute Gasteiger partial charge is 0.387 e. The molecule has 1 aliphatic carbocycles. The lowest BCUT2D eigenvalue weighted by atomic mass is 9.71. The number of rotatable bonds is 5. The van der Waals surface area contributed by atoms with Crippen LogP contribution < -0.4 is 15.5 Å². The first-order valence-electron chi connectivity index (χ1n) is 15.2. The number of pyridine rings is 1. The molecule has 13 heteroatoms. The van der Waals surface area contributed by atoms with Gasteiger partial charge >= 0.3 is 0 Å². The van der Waals surface area contributed by atoms with Crippen LogP contribution in [0.25, 0.3) is 22.2 Å². The highest BCUT2D eigenvalue weighted by Crippen LogP contribution is 2.48. The van der Waals surface area contributed by atoms with Crippen molar-refractivity contribution in [1.82, 2.24) is 14.9 Å². The van der Waals surface area contributed by atoms with Crippen molar-refractivity contribution < 1.29 is 23.4 Å². The first-order chi connectivity index (χ1) is 22.1. The summed E-state index contributed by atoms with van der Waals surface area (Å²) in [5.74, 6) is -0.945. The molecule has 2 atom stereocenters. The molecule has 5 heterocycles. The minimum Gasteiger partial charge on any atom is -0.387 e. The number of halogens is 2. The molecule has 46 heavy (non-hydrogen) atoms. The zero-order valence-electron chi connectivity index (χ0n) is 25.1. The molecule has 3 N–H and O–H groups in total. The molecular weight excluding hydrogens is 612 g/mol. The normalized spacial score (nSPS) is 22.9. The Morgan fingerprint density at radius 3 is 2.65 bits per heavy atom. The van der Waals surface area contributed by atoms with Gasteiger partial charge < -0.3 is 30.3 Å². The lowest BCUT2D eigenvalue weighted by Gasteiger charge is -2.61. The van der Waals surface area contributed by atoms with Gasteiger partial charge in [-0.15, -0.1) is 0 Å². The van der Waals surface area contributed by atoms with Crippen molar-refractivity contribution in [2.75, 3.05) is 56.2 Å². The van der Waals surface area contributed by atoms with Crippen molar-refractivity contribution in [3.63, 3.8) is 0 Å². The van der Waals surface area contributed by atoms with E-state index in [0.717, 1.165) is 5.56 Å². The number of nitrogens with two attached hydrogens (primary N) is 1. The summed E-state index contributed by atoms with van der Waals surface area (Å²) in [7, 11) is 1.82. The Hall–Kier alpha value is -4.22. The third kappa shape index (κ3) is 4.46. The fourth-order valence-electron chi connectivity index (χ4n) is 7.40. The van der Waals surface area contributed by atoms with Gasteiger partial charge in [0.2, 0.25) is 5.91 Å². The van der Waals surface area contributed by atoms with Crippen LogP contribution in [0.5, 0.6) is 0 Å². The van der Waals surface area contributed by atoms with Crippen LogP contribution in [0.15, 0.2) is 36.4 Å². The molecule has 8 rings (SSSR count). The van der Waals surface area contributed by atoms with Gasteiger partial charge in [-0.1, -0.05) is 11.3 Å². The number of fused-ring (bicyclic) bond motifs is 2. The van der Waals surface area contributed by atoms with E-state index in [0.29, 0.717) is 95.8 Å². The van der Waals surface area contributed by atoms with Crippen molar-refractivity contribution in [3.8, 4) is 17.3 Å².